The molecule has 0 bridgehead atoms. The second-order valence-corrected chi connectivity index (χ2v) is 11.6. The summed E-state index contributed by atoms with van der Waals surface area (Å²) in [6.45, 7) is 1.56. The highest BCUT2D eigenvalue weighted by Gasteiger charge is 2.33. The van der Waals surface area contributed by atoms with Crippen molar-refractivity contribution >= 4 is 59.3 Å². The van der Waals surface area contributed by atoms with Crippen molar-refractivity contribution < 1.29 is 63.3 Å². The molecule has 0 aliphatic carbocycles. The summed E-state index contributed by atoms with van der Waals surface area (Å²) in [6.07, 6.45) is -3.27. The molecule has 6 atom stereocenters. The van der Waals surface area contributed by atoms with Crippen molar-refractivity contribution in [2.45, 2.75) is 114 Å². The van der Waals surface area contributed by atoms with Crippen molar-refractivity contribution in [2.75, 3.05) is 6.54 Å². The Morgan fingerprint density at radius 3 is 1.12 bits per heavy atom. The fraction of sp³-hybridized carbons (Fsp3) is 0.655. The van der Waals surface area contributed by atoms with Gasteiger partial charge in [-0.1, -0.05) is 0 Å². The van der Waals surface area contributed by atoms with Crippen LogP contribution in [-0.4, -0.2) is 117 Å². The van der Waals surface area contributed by atoms with Crippen LogP contribution in [0.4, 0.5) is 0 Å². The Balaban J connectivity index is 6.30. The predicted octanol–water partition coefficient (Wildman–Crippen LogP) is -4.77. The molecule has 288 valence electrons. The van der Waals surface area contributed by atoms with Gasteiger partial charge in [0.25, 0.3) is 0 Å². The number of carbonyl (C=O) groups is 10. The molecule has 0 radical (unpaired) electrons. The number of aliphatic carboxylic acids is 3. The van der Waals surface area contributed by atoms with E-state index in [0.717, 1.165) is 0 Å². The van der Waals surface area contributed by atoms with Gasteiger partial charge in [-0.25, -0.2) is 4.79 Å². The number of amides is 7. The molecule has 7 amide bonds. The second kappa shape index (κ2) is 23.9. The van der Waals surface area contributed by atoms with Crippen molar-refractivity contribution in [3.8, 4) is 0 Å². The van der Waals surface area contributed by atoms with E-state index in [-0.39, 0.29) is 32.2 Å². The Bertz CT molecular complexity index is 1280. The minimum atomic E-state index is -1.70. The molecule has 0 aromatic carbocycles. The van der Waals surface area contributed by atoms with Crippen LogP contribution in [0, 0.1) is 0 Å². The van der Waals surface area contributed by atoms with E-state index in [1.54, 1.807) is 0 Å². The van der Waals surface area contributed by atoms with E-state index in [9.17, 15) is 58.2 Å². The number of carboxylic acids is 3. The van der Waals surface area contributed by atoms with Crippen LogP contribution in [0.5, 0.6) is 0 Å². The molecule has 0 aromatic heterocycles. The standard InChI is InChI=1S/C29H49N9O13/c1-14(31)24(45)34-16(5-9-20(32)39)26(47)35-15(4-2-3-13-30)25(46)37-18(7-11-22(41)42)27(48)36-17(6-10-21(33)40)28(49)38-19(29(50)51)8-12-23(43)44/h14-19H,2-13,30-31H2,1H3,(H2,32,39)(H2,33,40)(H,34,45)(H,35,47)(H,36,48)(H,37,46)(H,38,49)(H,41,42)(H,43,44)(H,50,51)/t14-,15-,16-,17-,18-,19-/m0/s1. The molecule has 0 spiro atoms. The average molecular weight is 732 g/mol. The maximum Gasteiger partial charge on any atom is 0.326 e. The molecule has 22 heteroatoms. The van der Waals surface area contributed by atoms with Crippen LogP contribution >= 0.6 is 0 Å². The Morgan fingerprint density at radius 2 is 0.804 bits per heavy atom. The third kappa shape index (κ3) is 20.0. The number of nitrogens with one attached hydrogen (secondary N) is 5. The van der Waals surface area contributed by atoms with Crippen LogP contribution in [0.3, 0.4) is 0 Å². The molecule has 0 aliphatic rings. The fourth-order valence-corrected chi connectivity index (χ4v) is 4.33. The van der Waals surface area contributed by atoms with Crippen LogP contribution < -0.4 is 49.5 Å². The van der Waals surface area contributed by atoms with E-state index in [1.165, 1.54) is 6.92 Å². The number of rotatable bonds is 27. The molecule has 22 nitrogen and oxygen atoms in total. The first-order chi connectivity index (χ1) is 23.8. The number of carbonyl (C=O) groups excluding carboxylic acids is 7. The van der Waals surface area contributed by atoms with Crippen molar-refractivity contribution in [3.63, 3.8) is 0 Å². The zero-order valence-electron chi connectivity index (χ0n) is 28.2. The van der Waals surface area contributed by atoms with Gasteiger partial charge in [-0.3, -0.25) is 43.2 Å². The largest absolute Gasteiger partial charge is 0.481 e. The Hall–Kier alpha value is -5.38. The normalized spacial score (nSPS) is 14.3. The molecule has 0 aliphatic heterocycles. The van der Waals surface area contributed by atoms with Gasteiger partial charge in [-0.15, -0.1) is 0 Å². The van der Waals surface area contributed by atoms with Gasteiger partial charge in [0.05, 0.1) is 6.04 Å². The van der Waals surface area contributed by atoms with E-state index >= 15 is 0 Å². The topological polar surface area (TPSA) is 396 Å². The molecule has 0 saturated heterocycles. The molecule has 0 unspecified atom stereocenters. The molecule has 0 aromatic rings. The van der Waals surface area contributed by atoms with Crippen LogP contribution in [0.25, 0.3) is 0 Å². The summed E-state index contributed by atoms with van der Waals surface area (Å²) in [5.41, 5.74) is 21.5. The summed E-state index contributed by atoms with van der Waals surface area (Å²) < 4.78 is 0. The highest BCUT2D eigenvalue weighted by atomic mass is 16.4. The predicted molar refractivity (Wildman–Crippen MR) is 174 cm³/mol. The summed E-state index contributed by atoms with van der Waals surface area (Å²) in [6, 6.07) is -8.82. The van der Waals surface area contributed by atoms with Gasteiger partial charge in [-0.05, 0) is 58.4 Å². The molecule has 0 heterocycles. The Labute approximate surface area is 292 Å². The summed E-state index contributed by atoms with van der Waals surface area (Å²) in [5.74, 6) is -10.9. The van der Waals surface area contributed by atoms with Crippen molar-refractivity contribution in [2.24, 2.45) is 22.9 Å². The first-order valence-electron chi connectivity index (χ1n) is 16.0. The first-order valence-corrected chi connectivity index (χ1v) is 16.0. The molecule has 51 heavy (non-hydrogen) atoms. The van der Waals surface area contributed by atoms with Crippen LogP contribution in [0.1, 0.15) is 77.6 Å². The lowest BCUT2D eigenvalue weighted by atomic mass is 10.0. The van der Waals surface area contributed by atoms with Gasteiger partial charge in [0.2, 0.25) is 41.4 Å². The number of hydrogen-bond donors (Lipinski definition) is 12. The second-order valence-electron chi connectivity index (χ2n) is 11.6. The summed E-state index contributed by atoms with van der Waals surface area (Å²) >= 11 is 0. The molecule has 0 saturated carbocycles. The third-order valence-electron chi connectivity index (χ3n) is 7.16. The number of carboxylic acid groups (broad SMARTS) is 3. The van der Waals surface area contributed by atoms with Gasteiger partial charge in [0, 0.05) is 25.7 Å². The zero-order chi connectivity index (χ0) is 39.3. The van der Waals surface area contributed by atoms with Crippen LogP contribution in [0.2, 0.25) is 0 Å². The highest BCUT2D eigenvalue weighted by molar-refractivity contribution is 5.96. The molecule has 0 fully saturated rings. The maximum absolute atomic E-state index is 13.5. The van der Waals surface area contributed by atoms with Gasteiger partial charge in [0.1, 0.15) is 30.2 Å². The molecule has 0 rings (SSSR count). The fourth-order valence-electron chi connectivity index (χ4n) is 4.33. The lowest BCUT2D eigenvalue weighted by molar-refractivity contribution is -0.143. The monoisotopic (exact) mass is 731 g/mol. The zero-order valence-corrected chi connectivity index (χ0v) is 28.2. The number of hydrogen-bond acceptors (Lipinski definition) is 12. The Kier molecular flexibility index (Phi) is 21.4. The summed E-state index contributed by atoms with van der Waals surface area (Å²) in [7, 11) is 0. The molecular weight excluding hydrogens is 682 g/mol. The van der Waals surface area contributed by atoms with E-state index in [1.807, 2.05) is 0 Å². The van der Waals surface area contributed by atoms with Crippen molar-refractivity contribution in [3.05, 3.63) is 0 Å². The summed E-state index contributed by atoms with van der Waals surface area (Å²) in [5, 5.41) is 39.0. The van der Waals surface area contributed by atoms with Gasteiger partial charge >= 0.3 is 17.9 Å². The van der Waals surface area contributed by atoms with Crippen LogP contribution in [-0.2, 0) is 47.9 Å². The van der Waals surface area contributed by atoms with E-state index in [0.29, 0.717) is 6.42 Å². The van der Waals surface area contributed by atoms with Gasteiger partial charge < -0.3 is 64.8 Å². The minimum absolute atomic E-state index is 0.0532. The lowest BCUT2D eigenvalue weighted by Gasteiger charge is -2.27. The lowest BCUT2D eigenvalue weighted by Crippen LogP contribution is -2.59. The molecule has 16 N–H and O–H groups in total. The van der Waals surface area contributed by atoms with E-state index in [4.69, 9.17) is 28.0 Å². The maximum atomic E-state index is 13.5. The van der Waals surface area contributed by atoms with E-state index < -0.39 is 134 Å². The van der Waals surface area contributed by atoms with Crippen molar-refractivity contribution in [1.82, 2.24) is 26.6 Å². The quantitative estimate of drug-likeness (QED) is 0.0353. The Morgan fingerprint density at radius 1 is 0.490 bits per heavy atom. The SMILES string of the molecule is C[C@H](N)C(=O)N[C@@H](CCC(N)=O)C(=O)N[C@@H](CCCCN)C(=O)N[C@@H](CCC(=O)O)C(=O)N[C@@H](CCC(N)=O)C(=O)N[C@@H](CCC(=O)O)C(=O)O. The number of primary amides is 2. The smallest absolute Gasteiger partial charge is 0.326 e. The highest BCUT2D eigenvalue weighted by Crippen LogP contribution is 2.09. The van der Waals surface area contributed by atoms with Gasteiger partial charge in [-0.2, -0.15) is 0 Å². The van der Waals surface area contributed by atoms with Crippen LogP contribution in [0.15, 0.2) is 0 Å². The number of nitrogens with two attached hydrogens (primary N) is 4. The van der Waals surface area contributed by atoms with Crippen molar-refractivity contribution in [1.29, 1.82) is 0 Å². The molecular formula is C29H49N9O13. The first kappa shape index (κ1) is 45.6. The third-order valence-corrected chi connectivity index (χ3v) is 7.16. The minimum Gasteiger partial charge on any atom is -0.481 e. The number of unbranched alkanes of at least 4 members (excludes halogenated alkanes) is 1. The average Bonchev–Trinajstić information content (AvgIpc) is 3.03. The summed E-state index contributed by atoms with van der Waals surface area (Å²) in [4.78, 5) is 122. The van der Waals surface area contributed by atoms with Gasteiger partial charge in [0.15, 0.2) is 0 Å². The van der Waals surface area contributed by atoms with E-state index in [2.05, 4.69) is 26.6 Å².